The molecule has 4 nitrogen and oxygen atoms in total. The van der Waals surface area contributed by atoms with Crippen molar-refractivity contribution in [1.82, 2.24) is 9.97 Å². The van der Waals surface area contributed by atoms with Gasteiger partial charge in [-0.3, -0.25) is 0 Å². The van der Waals surface area contributed by atoms with Crippen molar-refractivity contribution < 1.29 is 4.42 Å². The largest absolute Gasteiger partial charge is 0.464 e. The molecule has 1 aliphatic carbocycles. The minimum atomic E-state index is 0.296. The van der Waals surface area contributed by atoms with Crippen molar-refractivity contribution in [3.8, 4) is 11.3 Å². The van der Waals surface area contributed by atoms with Crippen molar-refractivity contribution in [2.75, 3.05) is 5.32 Å². The molecule has 4 aromatic rings. The van der Waals surface area contributed by atoms with Crippen molar-refractivity contribution in [2.45, 2.75) is 45.6 Å². The number of furan rings is 1. The molecule has 1 aliphatic rings. The van der Waals surface area contributed by atoms with Gasteiger partial charge in [0.05, 0.1) is 18.0 Å². The summed E-state index contributed by atoms with van der Waals surface area (Å²) in [7, 11) is 0. The monoisotopic (exact) mass is 383 g/mol. The van der Waals surface area contributed by atoms with Crippen molar-refractivity contribution in [2.24, 2.45) is 0 Å². The number of nitrogens with one attached hydrogen (secondary N) is 1. The molecular weight excluding hydrogens is 358 g/mol. The summed E-state index contributed by atoms with van der Waals surface area (Å²) in [6, 6.07) is 17.4. The van der Waals surface area contributed by atoms with E-state index in [4.69, 9.17) is 9.40 Å². The highest BCUT2D eigenvalue weighted by molar-refractivity contribution is 5.86. The maximum absolute atomic E-state index is 5.67. The molecule has 1 atom stereocenters. The molecule has 2 heterocycles. The van der Waals surface area contributed by atoms with Gasteiger partial charge in [-0.05, 0) is 67.5 Å². The molecule has 0 amide bonds. The van der Waals surface area contributed by atoms with Crippen LogP contribution in [0, 0.1) is 6.92 Å². The summed E-state index contributed by atoms with van der Waals surface area (Å²) in [6.07, 6.45) is 6.28. The third kappa shape index (κ3) is 3.39. The van der Waals surface area contributed by atoms with Gasteiger partial charge in [0.25, 0.3) is 0 Å². The summed E-state index contributed by atoms with van der Waals surface area (Å²) in [5.41, 5.74) is 7.02. The van der Waals surface area contributed by atoms with E-state index in [1.165, 1.54) is 23.1 Å². The van der Waals surface area contributed by atoms with Crippen LogP contribution in [0.4, 0.5) is 5.82 Å². The average Bonchev–Trinajstić information content (AvgIpc) is 3.16. The molecule has 0 saturated carbocycles. The van der Waals surface area contributed by atoms with Crippen molar-refractivity contribution in [3.05, 3.63) is 77.3 Å². The Morgan fingerprint density at radius 3 is 2.90 bits per heavy atom. The minimum Gasteiger partial charge on any atom is -0.464 e. The van der Waals surface area contributed by atoms with E-state index in [0.29, 0.717) is 6.04 Å². The number of rotatable bonds is 4. The Hall–Kier alpha value is -3.14. The molecule has 1 N–H and O–H groups in total. The Labute approximate surface area is 171 Å². The fourth-order valence-electron chi connectivity index (χ4n) is 4.39. The highest BCUT2D eigenvalue weighted by atomic mass is 16.3. The Morgan fingerprint density at radius 1 is 1.10 bits per heavy atom. The SMILES string of the molecule is CCc1coc2ccc(-c3cc(NC4CCCc5ccccc54)nc(C)n3)cc12. The van der Waals surface area contributed by atoms with E-state index in [1.807, 2.05) is 19.3 Å². The molecule has 0 bridgehead atoms. The van der Waals surface area contributed by atoms with Gasteiger partial charge < -0.3 is 9.73 Å². The number of nitrogens with zero attached hydrogens (tertiary/aromatic N) is 2. The number of hydrogen-bond acceptors (Lipinski definition) is 4. The van der Waals surface area contributed by atoms with E-state index < -0.39 is 0 Å². The number of benzene rings is 2. The Morgan fingerprint density at radius 2 is 2.00 bits per heavy atom. The molecule has 5 rings (SSSR count). The molecule has 0 radical (unpaired) electrons. The lowest BCUT2D eigenvalue weighted by Gasteiger charge is -2.27. The first-order valence-corrected chi connectivity index (χ1v) is 10.4. The van der Waals surface area contributed by atoms with Gasteiger partial charge in [0, 0.05) is 17.0 Å². The zero-order valence-corrected chi connectivity index (χ0v) is 16.9. The molecule has 29 heavy (non-hydrogen) atoms. The Balaban J connectivity index is 1.50. The van der Waals surface area contributed by atoms with Crippen molar-refractivity contribution in [1.29, 1.82) is 0 Å². The Bertz CT molecular complexity index is 1180. The molecule has 0 fully saturated rings. The van der Waals surface area contributed by atoms with Crippen molar-refractivity contribution in [3.63, 3.8) is 0 Å². The number of hydrogen-bond donors (Lipinski definition) is 1. The fourth-order valence-corrected chi connectivity index (χ4v) is 4.39. The lowest BCUT2D eigenvalue weighted by atomic mass is 9.88. The number of fused-ring (bicyclic) bond motifs is 2. The normalized spacial score (nSPS) is 16.0. The molecule has 2 aromatic heterocycles. The van der Waals surface area contributed by atoms with Crippen LogP contribution in [0.3, 0.4) is 0 Å². The summed E-state index contributed by atoms with van der Waals surface area (Å²) in [6.45, 7) is 4.10. The van der Waals surface area contributed by atoms with Gasteiger partial charge in [0.15, 0.2) is 0 Å². The molecule has 0 aliphatic heterocycles. The van der Waals surface area contributed by atoms with Crippen LogP contribution in [-0.4, -0.2) is 9.97 Å². The quantitative estimate of drug-likeness (QED) is 0.452. The van der Waals surface area contributed by atoms with Gasteiger partial charge in [-0.2, -0.15) is 0 Å². The number of aryl methyl sites for hydroxylation is 3. The lowest BCUT2D eigenvalue weighted by Crippen LogP contribution is -2.18. The minimum absolute atomic E-state index is 0.296. The number of anilines is 1. The maximum atomic E-state index is 5.67. The molecule has 4 heteroatoms. The molecule has 0 saturated heterocycles. The second-order valence-electron chi connectivity index (χ2n) is 7.80. The van der Waals surface area contributed by atoms with Crippen LogP contribution in [-0.2, 0) is 12.8 Å². The van der Waals surface area contributed by atoms with Gasteiger partial charge in [-0.15, -0.1) is 0 Å². The van der Waals surface area contributed by atoms with Crippen LogP contribution in [0.15, 0.2) is 59.2 Å². The first-order valence-electron chi connectivity index (χ1n) is 10.4. The lowest BCUT2D eigenvalue weighted by molar-refractivity contribution is 0.598. The highest BCUT2D eigenvalue weighted by Gasteiger charge is 2.20. The standard InChI is InChI=1S/C25H25N3O/c1-3-17-15-29-24-12-11-19(13-21(17)24)23-14-25(27-16(2)26-23)28-22-10-6-8-18-7-4-5-9-20(18)22/h4-5,7,9,11-15,22H,3,6,8,10H2,1-2H3,(H,26,27,28). The van der Waals surface area contributed by atoms with Gasteiger partial charge in [-0.1, -0.05) is 31.2 Å². The molecule has 0 spiro atoms. The summed E-state index contributed by atoms with van der Waals surface area (Å²) in [5, 5.41) is 4.84. The predicted molar refractivity (Wildman–Crippen MR) is 117 cm³/mol. The molecule has 1 unspecified atom stereocenters. The van der Waals surface area contributed by atoms with E-state index in [2.05, 4.69) is 59.7 Å². The van der Waals surface area contributed by atoms with Crippen LogP contribution >= 0.6 is 0 Å². The number of aromatic nitrogens is 2. The zero-order valence-electron chi connectivity index (χ0n) is 16.9. The van der Waals surface area contributed by atoms with Gasteiger partial charge >= 0.3 is 0 Å². The van der Waals surface area contributed by atoms with Crippen LogP contribution in [0.2, 0.25) is 0 Å². The van der Waals surface area contributed by atoms with Gasteiger partial charge in [0.2, 0.25) is 0 Å². The fraction of sp³-hybridized carbons (Fsp3) is 0.280. The van der Waals surface area contributed by atoms with Gasteiger partial charge in [0.1, 0.15) is 17.2 Å². The topological polar surface area (TPSA) is 51.0 Å². The van der Waals surface area contributed by atoms with Crippen molar-refractivity contribution >= 4 is 16.8 Å². The van der Waals surface area contributed by atoms with Crippen LogP contribution < -0.4 is 5.32 Å². The maximum Gasteiger partial charge on any atom is 0.134 e. The highest BCUT2D eigenvalue weighted by Crippen LogP contribution is 2.33. The van der Waals surface area contributed by atoms with E-state index in [-0.39, 0.29) is 0 Å². The van der Waals surface area contributed by atoms with Crippen LogP contribution in [0.25, 0.3) is 22.2 Å². The van der Waals surface area contributed by atoms with E-state index in [1.54, 1.807) is 0 Å². The first-order chi connectivity index (χ1) is 14.2. The second kappa shape index (κ2) is 7.36. The average molecular weight is 383 g/mol. The van der Waals surface area contributed by atoms with E-state index in [0.717, 1.165) is 53.1 Å². The summed E-state index contributed by atoms with van der Waals surface area (Å²) < 4.78 is 5.67. The summed E-state index contributed by atoms with van der Waals surface area (Å²) in [4.78, 5) is 9.38. The predicted octanol–water partition coefficient (Wildman–Crippen LogP) is 6.25. The molecular formula is C25H25N3O. The second-order valence-corrected chi connectivity index (χ2v) is 7.80. The van der Waals surface area contributed by atoms with Crippen LogP contribution in [0.5, 0.6) is 0 Å². The first kappa shape index (κ1) is 17.9. The van der Waals surface area contributed by atoms with Crippen LogP contribution in [0.1, 0.15) is 48.3 Å². The third-order valence-electron chi connectivity index (χ3n) is 5.86. The summed E-state index contributed by atoms with van der Waals surface area (Å²) in [5.74, 6) is 1.66. The molecule has 146 valence electrons. The van der Waals surface area contributed by atoms with Gasteiger partial charge in [-0.25, -0.2) is 9.97 Å². The smallest absolute Gasteiger partial charge is 0.134 e. The molecule has 2 aromatic carbocycles. The Kier molecular flexibility index (Phi) is 4.55. The summed E-state index contributed by atoms with van der Waals surface area (Å²) >= 11 is 0. The third-order valence-corrected chi connectivity index (χ3v) is 5.86. The zero-order chi connectivity index (χ0) is 19.8. The van der Waals surface area contributed by atoms with E-state index in [9.17, 15) is 0 Å². The van der Waals surface area contributed by atoms with E-state index >= 15 is 0 Å².